The number of hydrogen-bond donors (Lipinski definition) is 2. The number of carbonyl (C=O) groups is 1. The summed E-state index contributed by atoms with van der Waals surface area (Å²) in [6.07, 6.45) is 3.51. The van der Waals surface area contributed by atoms with Gasteiger partial charge in [0.05, 0.1) is 11.8 Å². The number of carbonyl (C=O) groups excluding carboxylic acids is 1. The molecular formula is C23H20N6O. The van der Waals surface area contributed by atoms with Gasteiger partial charge in [-0.1, -0.05) is 6.07 Å². The summed E-state index contributed by atoms with van der Waals surface area (Å²) in [6.45, 7) is 5.23. The Morgan fingerprint density at radius 1 is 1.13 bits per heavy atom. The third-order valence-electron chi connectivity index (χ3n) is 4.66. The van der Waals surface area contributed by atoms with E-state index in [4.69, 9.17) is 5.26 Å². The predicted molar refractivity (Wildman–Crippen MR) is 114 cm³/mol. The van der Waals surface area contributed by atoms with E-state index in [1.165, 1.54) is 0 Å². The molecule has 0 saturated carbocycles. The highest BCUT2D eigenvalue weighted by Gasteiger charge is 2.21. The number of aryl methyl sites for hydroxylation is 1. The number of fused-ring (bicyclic) bond motifs is 1. The molecule has 4 aromatic heterocycles. The number of aromatic nitrogens is 4. The van der Waals surface area contributed by atoms with E-state index >= 15 is 0 Å². The number of amides is 1. The lowest BCUT2D eigenvalue weighted by molar-refractivity contribution is 0.0924. The fourth-order valence-electron chi connectivity index (χ4n) is 3.12. The minimum absolute atomic E-state index is 0.248. The number of pyridine rings is 3. The molecule has 0 fully saturated rings. The fraction of sp³-hybridized carbons (Fsp3) is 0.174. The van der Waals surface area contributed by atoms with Gasteiger partial charge in [-0.2, -0.15) is 5.26 Å². The first-order chi connectivity index (χ1) is 14.3. The highest BCUT2D eigenvalue weighted by atomic mass is 16.2. The highest BCUT2D eigenvalue weighted by molar-refractivity contribution is 5.94. The summed E-state index contributed by atoms with van der Waals surface area (Å²) < 4.78 is 0. The normalized spacial score (nSPS) is 11.3. The van der Waals surface area contributed by atoms with E-state index in [-0.39, 0.29) is 5.69 Å². The van der Waals surface area contributed by atoms with Gasteiger partial charge in [0.2, 0.25) is 0 Å². The Morgan fingerprint density at radius 3 is 2.73 bits per heavy atom. The molecule has 0 bridgehead atoms. The zero-order chi connectivity index (χ0) is 21.3. The quantitative estimate of drug-likeness (QED) is 0.542. The van der Waals surface area contributed by atoms with Crippen LogP contribution in [0.15, 0.2) is 54.9 Å². The van der Waals surface area contributed by atoms with Crippen molar-refractivity contribution in [1.29, 1.82) is 5.26 Å². The molecule has 0 radical (unpaired) electrons. The van der Waals surface area contributed by atoms with Gasteiger partial charge in [0.25, 0.3) is 5.91 Å². The van der Waals surface area contributed by atoms with Crippen molar-refractivity contribution in [2.45, 2.75) is 26.3 Å². The zero-order valence-corrected chi connectivity index (χ0v) is 16.9. The number of hydrogen-bond acceptors (Lipinski definition) is 5. The SMILES string of the molecule is Cc1cc(-c2cc3cc(-c4cccc(C(=O)NC(C)(C)C#N)n4)cnc3[nH]2)ccn1. The second kappa shape index (κ2) is 7.41. The molecule has 0 aliphatic heterocycles. The lowest BCUT2D eigenvalue weighted by atomic mass is 10.1. The van der Waals surface area contributed by atoms with Crippen molar-refractivity contribution in [2.24, 2.45) is 0 Å². The van der Waals surface area contributed by atoms with Crippen molar-refractivity contribution in [1.82, 2.24) is 25.3 Å². The molecule has 0 unspecified atom stereocenters. The van der Waals surface area contributed by atoms with Gasteiger partial charge in [-0.05, 0) is 57.2 Å². The monoisotopic (exact) mass is 396 g/mol. The van der Waals surface area contributed by atoms with Crippen molar-refractivity contribution >= 4 is 16.9 Å². The lowest BCUT2D eigenvalue weighted by Gasteiger charge is -2.17. The largest absolute Gasteiger partial charge is 0.339 e. The van der Waals surface area contributed by atoms with Gasteiger partial charge in [-0.15, -0.1) is 0 Å². The molecule has 7 heteroatoms. The maximum Gasteiger partial charge on any atom is 0.271 e. The van der Waals surface area contributed by atoms with E-state index in [1.54, 1.807) is 38.4 Å². The zero-order valence-electron chi connectivity index (χ0n) is 16.9. The van der Waals surface area contributed by atoms with Crippen LogP contribution in [-0.4, -0.2) is 31.4 Å². The van der Waals surface area contributed by atoms with Crippen molar-refractivity contribution in [3.63, 3.8) is 0 Å². The van der Waals surface area contributed by atoms with Crippen LogP contribution in [0.2, 0.25) is 0 Å². The molecule has 0 spiro atoms. The molecule has 4 rings (SSSR count). The Hall–Kier alpha value is -4.05. The van der Waals surface area contributed by atoms with E-state index in [9.17, 15) is 4.79 Å². The lowest BCUT2D eigenvalue weighted by Crippen LogP contribution is -2.42. The smallest absolute Gasteiger partial charge is 0.271 e. The third kappa shape index (κ3) is 3.89. The first-order valence-electron chi connectivity index (χ1n) is 9.48. The fourth-order valence-corrected chi connectivity index (χ4v) is 3.12. The van der Waals surface area contributed by atoms with Crippen LogP contribution in [0.5, 0.6) is 0 Å². The minimum atomic E-state index is -0.970. The maximum atomic E-state index is 12.5. The van der Waals surface area contributed by atoms with Crippen molar-refractivity contribution in [3.05, 3.63) is 66.2 Å². The number of H-pyrrole nitrogens is 1. The van der Waals surface area contributed by atoms with E-state index < -0.39 is 11.4 Å². The summed E-state index contributed by atoms with van der Waals surface area (Å²) in [5.41, 5.74) is 4.42. The molecule has 4 aromatic rings. The highest BCUT2D eigenvalue weighted by Crippen LogP contribution is 2.26. The maximum absolute atomic E-state index is 12.5. The van der Waals surface area contributed by atoms with Gasteiger partial charge in [-0.25, -0.2) is 9.97 Å². The van der Waals surface area contributed by atoms with Crippen LogP contribution in [0.25, 0.3) is 33.5 Å². The molecule has 4 heterocycles. The van der Waals surface area contributed by atoms with Crippen LogP contribution < -0.4 is 5.32 Å². The van der Waals surface area contributed by atoms with Crippen LogP contribution in [-0.2, 0) is 0 Å². The van der Waals surface area contributed by atoms with Crippen molar-refractivity contribution in [2.75, 3.05) is 0 Å². The average Bonchev–Trinajstić information content (AvgIpc) is 3.17. The van der Waals surface area contributed by atoms with E-state index in [2.05, 4.69) is 31.3 Å². The molecule has 30 heavy (non-hydrogen) atoms. The summed E-state index contributed by atoms with van der Waals surface area (Å²) >= 11 is 0. The predicted octanol–water partition coefficient (Wildman–Crippen LogP) is 4.03. The molecular weight excluding hydrogens is 376 g/mol. The minimum Gasteiger partial charge on any atom is -0.339 e. The Kier molecular flexibility index (Phi) is 4.76. The number of rotatable bonds is 4. The molecule has 0 aliphatic rings. The van der Waals surface area contributed by atoms with Gasteiger partial charge in [0.1, 0.15) is 16.9 Å². The van der Waals surface area contributed by atoms with Crippen LogP contribution in [0.1, 0.15) is 30.0 Å². The molecule has 0 atom stereocenters. The summed E-state index contributed by atoms with van der Waals surface area (Å²) in [7, 11) is 0. The van der Waals surface area contributed by atoms with Crippen LogP contribution in [0.4, 0.5) is 0 Å². The molecule has 148 valence electrons. The Morgan fingerprint density at radius 2 is 1.97 bits per heavy atom. The van der Waals surface area contributed by atoms with Crippen molar-refractivity contribution in [3.8, 4) is 28.6 Å². The summed E-state index contributed by atoms with van der Waals surface area (Å²) in [5, 5.41) is 12.7. The van der Waals surface area contributed by atoms with Gasteiger partial charge in [0, 0.05) is 40.3 Å². The first kappa shape index (κ1) is 19.3. The number of nitrogens with one attached hydrogen (secondary N) is 2. The second-order valence-corrected chi connectivity index (χ2v) is 7.63. The molecule has 1 amide bonds. The van der Waals surface area contributed by atoms with E-state index in [0.717, 1.165) is 33.5 Å². The molecule has 2 N–H and O–H groups in total. The molecule has 0 aromatic carbocycles. The van der Waals surface area contributed by atoms with Gasteiger partial charge in [0.15, 0.2) is 0 Å². The Labute approximate surface area is 173 Å². The topological polar surface area (TPSA) is 107 Å². The first-order valence-corrected chi connectivity index (χ1v) is 9.48. The average molecular weight is 396 g/mol. The molecule has 0 saturated heterocycles. The van der Waals surface area contributed by atoms with Crippen LogP contribution >= 0.6 is 0 Å². The van der Waals surface area contributed by atoms with E-state index in [1.807, 2.05) is 37.3 Å². The standard InChI is InChI=1S/C23H20N6O/c1-14-9-15(7-8-25-14)20-11-16-10-17(12-26-21(16)28-20)18-5-4-6-19(27-18)22(30)29-23(2,3)13-24/h4-12H,1-3H3,(H,26,28)(H,29,30). The summed E-state index contributed by atoms with van der Waals surface area (Å²) in [4.78, 5) is 29.0. The number of nitriles is 1. The van der Waals surface area contributed by atoms with Crippen LogP contribution in [0, 0.1) is 18.3 Å². The molecule has 0 aliphatic carbocycles. The third-order valence-corrected chi connectivity index (χ3v) is 4.66. The van der Waals surface area contributed by atoms with E-state index in [0.29, 0.717) is 5.69 Å². The summed E-state index contributed by atoms with van der Waals surface area (Å²) in [6, 6.07) is 15.3. The Balaban J connectivity index is 1.67. The van der Waals surface area contributed by atoms with Gasteiger partial charge in [-0.3, -0.25) is 9.78 Å². The molecule has 7 nitrogen and oxygen atoms in total. The number of aromatic amines is 1. The second-order valence-electron chi connectivity index (χ2n) is 7.63. The van der Waals surface area contributed by atoms with Gasteiger partial charge < -0.3 is 10.3 Å². The Bertz CT molecular complexity index is 1300. The summed E-state index contributed by atoms with van der Waals surface area (Å²) in [5.74, 6) is -0.394. The van der Waals surface area contributed by atoms with Crippen molar-refractivity contribution < 1.29 is 4.79 Å². The van der Waals surface area contributed by atoms with Gasteiger partial charge >= 0.3 is 0 Å². The van der Waals surface area contributed by atoms with Crippen LogP contribution in [0.3, 0.4) is 0 Å². The number of nitrogens with zero attached hydrogens (tertiary/aromatic N) is 4.